The van der Waals surface area contributed by atoms with Crippen LogP contribution in [0.3, 0.4) is 0 Å². The molecule has 0 bridgehead atoms. The summed E-state index contributed by atoms with van der Waals surface area (Å²) in [6.07, 6.45) is 1.95. The van der Waals surface area contributed by atoms with Crippen LogP contribution in [0, 0.1) is 12.3 Å². The average Bonchev–Trinajstić information content (AvgIpc) is 3.07. The number of terminal acetylenes is 1. The van der Waals surface area contributed by atoms with Crippen molar-refractivity contribution in [1.29, 1.82) is 0 Å². The number of fused-ring (bicyclic) bond motifs is 1. The summed E-state index contributed by atoms with van der Waals surface area (Å²) in [6.45, 7) is -0.446. The van der Waals surface area contributed by atoms with Gasteiger partial charge in [0.05, 0.1) is 19.5 Å². The third-order valence-corrected chi connectivity index (χ3v) is 3.76. The second-order valence-electron chi connectivity index (χ2n) is 5.12. The van der Waals surface area contributed by atoms with Crippen LogP contribution >= 0.6 is 0 Å². The van der Waals surface area contributed by atoms with Gasteiger partial charge in [0.1, 0.15) is 18.3 Å². The Hall–Kier alpha value is -2.45. The molecule has 1 aliphatic heterocycles. The first-order chi connectivity index (χ1) is 11.0. The fraction of sp³-hybridized carbons (Fsp3) is 0.462. The Morgan fingerprint density at radius 1 is 1.43 bits per heavy atom. The molecule has 0 unspecified atom stereocenters. The Morgan fingerprint density at radius 3 is 2.78 bits per heavy atom. The summed E-state index contributed by atoms with van der Waals surface area (Å²) in [5.41, 5.74) is 5.32. The minimum atomic E-state index is -1.33. The normalized spacial score (nSPS) is 27.4. The van der Waals surface area contributed by atoms with Crippen molar-refractivity contribution in [3.05, 3.63) is 16.7 Å². The predicted molar refractivity (Wildman–Crippen MR) is 78.0 cm³/mol. The highest BCUT2D eigenvalue weighted by Gasteiger charge is 2.44. The van der Waals surface area contributed by atoms with Crippen molar-refractivity contribution in [2.24, 2.45) is 0 Å². The molecule has 1 fully saturated rings. The number of aliphatic hydroxyl groups is 3. The monoisotopic (exact) mass is 321 g/mol. The zero-order valence-electron chi connectivity index (χ0n) is 11.9. The van der Waals surface area contributed by atoms with E-state index in [0.29, 0.717) is 0 Å². The smallest absolute Gasteiger partial charge is 0.302 e. The molecule has 0 aromatic carbocycles. The van der Waals surface area contributed by atoms with E-state index in [9.17, 15) is 20.1 Å². The molecular formula is C13H15N5O5. The standard InChI is InChI=1S/C13H15N5O5/c1-2-3-17-11-7(10(22)16-13(17)14)15-5-18(11)12-9(21)8(20)6(4-19)23-12/h1,5-6,8-9,12,19-21H,3-4H2,(H2,14,16,22)/t6-,8-,9-,12-/m1/s1. The summed E-state index contributed by atoms with van der Waals surface area (Å²) in [5.74, 6) is 2.29. The maximum Gasteiger partial charge on any atom is 0.302 e. The number of imidazole rings is 1. The number of nitrogen functional groups attached to an aromatic ring is 1. The van der Waals surface area contributed by atoms with Crippen molar-refractivity contribution in [1.82, 2.24) is 19.1 Å². The Balaban J connectivity index is 2.20. The van der Waals surface area contributed by atoms with Crippen LogP contribution in [-0.4, -0.2) is 59.3 Å². The summed E-state index contributed by atoms with van der Waals surface area (Å²) >= 11 is 0. The molecule has 0 aliphatic carbocycles. The first-order valence-electron chi connectivity index (χ1n) is 6.78. The number of nitrogens with zero attached hydrogens (tertiary/aromatic N) is 4. The van der Waals surface area contributed by atoms with Crippen LogP contribution in [0.4, 0.5) is 5.95 Å². The molecule has 0 radical (unpaired) electrons. The molecule has 0 spiro atoms. The van der Waals surface area contributed by atoms with Crippen molar-refractivity contribution in [3.63, 3.8) is 0 Å². The van der Waals surface area contributed by atoms with Crippen LogP contribution in [0.2, 0.25) is 0 Å². The number of ether oxygens (including phenoxy) is 1. The molecule has 3 heterocycles. The molecule has 1 saturated heterocycles. The van der Waals surface area contributed by atoms with Crippen LogP contribution in [0.5, 0.6) is 0 Å². The highest BCUT2D eigenvalue weighted by atomic mass is 16.6. The van der Waals surface area contributed by atoms with Gasteiger partial charge in [-0.1, -0.05) is 5.92 Å². The van der Waals surface area contributed by atoms with E-state index in [1.807, 2.05) is 0 Å². The van der Waals surface area contributed by atoms with Gasteiger partial charge in [0.15, 0.2) is 17.4 Å². The van der Waals surface area contributed by atoms with Crippen molar-refractivity contribution < 1.29 is 20.1 Å². The quantitative estimate of drug-likeness (QED) is 0.450. The van der Waals surface area contributed by atoms with Crippen LogP contribution in [0.25, 0.3) is 11.2 Å². The van der Waals surface area contributed by atoms with Crippen LogP contribution < -0.4 is 11.3 Å². The van der Waals surface area contributed by atoms with Crippen molar-refractivity contribution >= 4 is 17.1 Å². The third kappa shape index (κ3) is 2.27. The maximum absolute atomic E-state index is 11.9. The first kappa shape index (κ1) is 15.4. The Labute approximate surface area is 129 Å². The summed E-state index contributed by atoms with van der Waals surface area (Å²) in [7, 11) is 0. The molecular weight excluding hydrogens is 306 g/mol. The molecule has 2 aromatic heterocycles. The van der Waals surface area contributed by atoms with Gasteiger partial charge < -0.3 is 25.8 Å². The zero-order valence-corrected chi connectivity index (χ0v) is 11.9. The molecule has 10 heteroatoms. The fourth-order valence-corrected chi connectivity index (χ4v) is 2.64. The minimum absolute atomic E-state index is 0.00666. The molecule has 23 heavy (non-hydrogen) atoms. The molecule has 0 saturated carbocycles. The third-order valence-electron chi connectivity index (χ3n) is 3.76. The van der Waals surface area contributed by atoms with Gasteiger partial charge in [-0.3, -0.25) is 13.9 Å². The number of rotatable bonds is 3. The molecule has 2 aromatic rings. The number of hydrogen-bond donors (Lipinski definition) is 4. The molecule has 1 aliphatic rings. The Kier molecular flexibility index (Phi) is 3.78. The van der Waals surface area contributed by atoms with Crippen LogP contribution in [0.1, 0.15) is 6.23 Å². The molecule has 5 N–H and O–H groups in total. The lowest BCUT2D eigenvalue weighted by molar-refractivity contribution is -0.0512. The Bertz CT molecular complexity index is 838. The van der Waals surface area contributed by atoms with E-state index in [1.54, 1.807) is 0 Å². The van der Waals surface area contributed by atoms with Crippen molar-refractivity contribution in [2.75, 3.05) is 12.3 Å². The maximum atomic E-state index is 11.9. The highest BCUT2D eigenvalue weighted by Crippen LogP contribution is 2.31. The lowest BCUT2D eigenvalue weighted by Gasteiger charge is -2.19. The molecule has 10 nitrogen and oxygen atoms in total. The average molecular weight is 321 g/mol. The SMILES string of the molecule is C#CCn1c(N)nc(=O)c2ncn([C@@H]3O[C@H](CO)[C@@H](O)[C@H]3O)c21. The topological polar surface area (TPSA) is 149 Å². The zero-order chi connectivity index (χ0) is 16.7. The highest BCUT2D eigenvalue weighted by molar-refractivity contribution is 5.72. The van der Waals surface area contributed by atoms with E-state index in [-0.39, 0.29) is 23.7 Å². The van der Waals surface area contributed by atoms with E-state index in [0.717, 1.165) is 0 Å². The number of anilines is 1. The molecule has 122 valence electrons. The number of hydrogen-bond acceptors (Lipinski definition) is 8. The van der Waals surface area contributed by atoms with E-state index in [2.05, 4.69) is 15.9 Å². The van der Waals surface area contributed by atoms with E-state index in [4.69, 9.17) is 16.9 Å². The van der Waals surface area contributed by atoms with E-state index in [1.165, 1.54) is 15.5 Å². The van der Waals surface area contributed by atoms with Gasteiger partial charge in [0.2, 0.25) is 5.95 Å². The second-order valence-corrected chi connectivity index (χ2v) is 5.12. The molecule has 3 rings (SSSR count). The van der Waals surface area contributed by atoms with Crippen LogP contribution in [0.15, 0.2) is 11.1 Å². The van der Waals surface area contributed by atoms with Gasteiger partial charge in [-0.05, 0) is 0 Å². The van der Waals surface area contributed by atoms with Gasteiger partial charge in [-0.25, -0.2) is 4.98 Å². The number of aromatic nitrogens is 4. The largest absolute Gasteiger partial charge is 0.394 e. The summed E-state index contributed by atoms with van der Waals surface area (Å²) < 4.78 is 8.16. The lowest BCUT2D eigenvalue weighted by Crippen LogP contribution is -2.33. The van der Waals surface area contributed by atoms with Gasteiger partial charge in [0.25, 0.3) is 0 Å². The van der Waals surface area contributed by atoms with Gasteiger partial charge >= 0.3 is 5.56 Å². The van der Waals surface area contributed by atoms with Crippen molar-refractivity contribution in [3.8, 4) is 12.3 Å². The fourth-order valence-electron chi connectivity index (χ4n) is 2.64. The van der Waals surface area contributed by atoms with Crippen LogP contribution in [-0.2, 0) is 11.3 Å². The number of aliphatic hydroxyl groups excluding tert-OH is 3. The number of nitrogens with two attached hydrogens (primary N) is 1. The Morgan fingerprint density at radius 2 is 2.17 bits per heavy atom. The predicted octanol–water partition coefficient (Wildman–Crippen LogP) is -2.58. The molecule has 4 atom stereocenters. The van der Waals surface area contributed by atoms with E-state index >= 15 is 0 Å². The first-order valence-corrected chi connectivity index (χ1v) is 6.78. The second kappa shape index (κ2) is 5.64. The van der Waals surface area contributed by atoms with Gasteiger partial charge in [-0.2, -0.15) is 4.98 Å². The lowest BCUT2D eigenvalue weighted by atomic mass is 10.1. The summed E-state index contributed by atoms with van der Waals surface area (Å²) in [4.78, 5) is 19.5. The molecule has 0 amide bonds. The van der Waals surface area contributed by atoms with Gasteiger partial charge in [-0.15, -0.1) is 6.42 Å². The van der Waals surface area contributed by atoms with E-state index < -0.39 is 36.7 Å². The van der Waals surface area contributed by atoms with Gasteiger partial charge in [0, 0.05) is 0 Å². The minimum Gasteiger partial charge on any atom is -0.394 e. The summed E-state index contributed by atoms with van der Waals surface area (Å²) in [5, 5.41) is 29.2. The summed E-state index contributed by atoms with van der Waals surface area (Å²) in [6, 6.07) is 0. The van der Waals surface area contributed by atoms with Crippen molar-refractivity contribution in [2.45, 2.75) is 31.1 Å².